The van der Waals surface area contributed by atoms with Crippen molar-refractivity contribution in [2.75, 3.05) is 19.7 Å². The van der Waals surface area contributed by atoms with E-state index in [0.29, 0.717) is 13.2 Å². The van der Waals surface area contributed by atoms with Crippen LogP contribution in [0.2, 0.25) is 0 Å². The van der Waals surface area contributed by atoms with Crippen molar-refractivity contribution in [2.24, 2.45) is 11.5 Å². The van der Waals surface area contributed by atoms with Gasteiger partial charge in [-0.05, 0) is 6.92 Å². The molecule has 1 saturated heterocycles. The lowest BCUT2D eigenvalue weighted by molar-refractivity contribution is -0.146. The van der Waals surface area contributed by atoms with Crippen LogP contribution in [0.25, 0.3) is 0 Å². The van der Waals surface area contributed by atoms with Crippen molar-refractivity contribution in [2.45, 2.75) is 19.1 Å². The number of carbonyl (C=O) groups excluding carboxylic acids is 2. The zero-order chi connectivity index (χ0) is 10.7. The van der Waals surface area contributed by atoms with Gasteiger partial charge >= 0.3 is 0 Å². The molecule has 4 N–H and O–H groups in total. The maximum atomic E-state index is 11.5. The summed E-state index contributed by atoms with van der Waals surface area (Å²) in [4.78, 5) is 23.8. The van der Waals surface area contributed by atoms with Gasteiger partial charge in [-0.3, -0.25) is 9.59 Å². The number of ether oxygens (including phenoxy) is 1. The molecular weight excluding hydrogens is 222 g/mol. The third-order valence-electron chi connectivity index (χ3n) is 2.08. The summed E-state index contributed by atoms with van der Waals surface area (Å²) in [7, 11) is 0. The molecule has 6 nitrogen and oxygen atoms in total. The molecule has 1 fully saturated rings. The average molecular weight is 238 g/mol. The summed E-state index contributed by atoms with van der Waals surface area (Å²) in [5.41, 5.74) is 10.5. The van der Waals surface area contributed by atoms with Gasteiger partial charge < -0.3 is 21.1 Å². The fraction of sp³-hybridized carbons (Fsp3) is 0.750. The standard InChI is InChI=1S/C8H15N3O3.ClH/c1-5(9)8(13)11-2-3-14-6(4-11)7(10)12;/h5-6H,2-4,9H2,1H3,(H2,10,12);1H/t5-,6?;/m1./s1. The van der Waals surface area contributed by atoms with E-state index >= 15 is 0 Å². The predicted octanol–water partition coefficient (Wildman–Crippen LogP) is -1.53. The van der Waals surface area contributed by atoms with Crippen LogP contribution in [0.4, 0.5) is 0 Å². The van der Waals surface area contributed by atoms with Crippen LogP contribution in [-0.4, -0.2) is 48.6 Å². The molecule has 0 radical (unpaired) electrons. The van der Waals surface area contributed by atoms with Crippen LogP contribution in [0.5, 0.6) is 0 Å². The average Bonchev–Trinajstić information content (AvgIpc) is 2.16. The number of halogens is 1. The Morgan fingerprint density at radius 1 is 1.53 bits per heavy atom. The molecule has 0 aromatic heterocycles. The number of nitrogens with zero attached hydrogens (tertiary/aromatic N) is 1. The quantitative estimate of drug-likeness (QED) is 0.609. The maximum absolute atomic E-state index is 11.5. The predicted molar refractivity (Wildman–Crippen MR) is 56.4 cm³/mol. The Morgan fingerprint density at radius 3 is 2.60 bits per heavy atom. The van der Waals surface area contributed by atoms with Gasteiger partial charge in [0, 0.05) is 6.54 Å². The SMILES string of the molecule is C[C@@H](N)C(=O)N1CCOC(C(N)=O)C1.Cl. The molecule has 0 bridgehead atoms. The van der Waals surface area contributed by atoms with Crippen LogP contribution in [0.1, 0.15) is 6.92 Å². The topological polar surface area (TPSA) is 98.7 Å². The fourth-order valence-electron chi connectivity index (χ4n) is 1.31. The highest BCUT2D eigenvalue weighted by Crippen LogP contribution is 2.05. The van der Waals surface area contributed by atoms with E-state index in [-0.39, 0.29) is 24.9 Å². The molecule has 15 heavy (non-hydrogen) atoms. The third kappa shape index (κ3) is 3.65. The van der Waals surface area contributed by atoms with E-state index in [9.17, 15) is 9.59 Å². The molecule has 0 aliphatic carbocycles. The summed E-state index contributed by atoms with van der Waals surface area (Å²) in [6.07, 6.45) is -0.702. The van der Waals surface area contributed by atoms with Crippen LogP contribution in [0.3, 0.4) is 0 Å². The van der Waals surface area contributed by atoms with Crippen LogP contribution >= 0.6 is 12.4 Å². The van der Waals surface area contributed by atoms with Crippen molar-refractivity contribution in [3.63, 3.8) is 0 Å². The Hall–Kier alpha value is -0.850. The van der Waals surface area contributed by atoms with Gasteiger partial charge in [-0.15, -0.1) is 12.4 Å². The van der Waals surface area contributed by atoms with Gasteiger partial charge in [0.15, 0.2) is 6.10 Å². The molecule has 0 aromatic carbocycles. The second-order valence-electron chi connectivity index (χ2n) is 3.33. The Kier molecular flexibility index (Phi) is 5.56. The molecule has 0 aromatic rings. The van der Waals surface area contributed by atoms with Crippen molar-refractivity contribution in [1.82, 2.24) is 4.90 Å². The highest BCUT2D eigenvalue weighted by atomic mass is 35.5. The van der Waals surface area contributed by atoms with E-state index in [2.05, 4.69) is 0 Å². The minimum atomic E-state index is -0.702. The summed E-state index contributed by atoms with van der Waals surface area (Å²) in [6, 6.07) is -0.554. The van der Waals surface area contributed by atoms with Crippen molar-refractivity contribution >= 4 is 24.2 Å². The van der Waals surface area contributed by atoms with E-state index in [0.717, 1.165) is 0 Å². The van der Waals surface area contributed by atoms with E-state index in [1.165, 1.54) is 4.90 Å². The number of carbonyl (C=O) groups is 2. The smallest absolute Gasteiger partial charge is 0.248 e. The molecule has 0 spiro atoms. The van der Waals surface area contributed by atoms with Crippen LogP contribution < -0.4 is 11.5 Å². The van der Waals surface area contributed by atoms with Gasteiger partial charge in [-0.25, -0.2) is 0 Å². The highest BCUT2D eigenvalue weighted by Gasteiger charge is 2.28. The number of amides is 2. The molecule has 1 aliphatic rings. The highest BCUT2D eigenvalue weighted by molar-refractivity contribution is 5.85. The Balaban J connectivity index is 0.00000196. The van der Waals surface area contributed by atoms with E-state index in [1.807, 2.05) is 0 Å². The van der Waals surface area contributed by atoms with Gasteiger partial charge in [0.25, 0.3) is 0 Å². The first-order valence-corrected chi connectivity index (χ1v) is 4.47. The molecule has 1 heterocycles. The lowest BCUT2D eigenvalue weighted by Gasteiger charge is -2.32. The number of morpholine rings is 1. The van der Waals surface area contributed by atoms with Crippen LogP contribution in [-0.2, 0) is 14.3 Å². The summed E-state index contributed by atoms with van der Waals surface area (Å²) in [5, 5.41) is 0. The Bertz CT molecular complexity index is 247. The van der Waals surface area contributed by atoms with Crippen molar-refractivity contribution < 1.29 is 14.3 Å². The normalized spacial score (nSPS) is 22.8. The molecule has 1 aliphatic heterocycles. The molecule has 0 saturated carbocycles. The molecule has 7 heteroatoms. The first kappa shape index (κ1) is 14.2. The van der Waals surface area contributed by atoms with Gasteiger partial charge in [-0.2, -0.15) is 0 Å². The summed E-state index contributed by atoms with van der Waals surface area (Å²) in [6.45, 7) is 2.60. The van der Waals surface area contributed by atoms with E-state index in [4.69, 9.17) is 16.2 Å². The second kappa shape index (κ2) is 5.89. The number of hydrogen-bond donors (Lipinski definition) is 2. The van der Waals surface area contributed by atoms with Crippen molar-refractivity contribution in [3.05, 3.63) is 0 Å². The van der Waals surface area contributed by atoms with Crippen LogP contribution in [0.15, 0.2) is 0 Å². The molecule has 1 rings (SSSR count). The molecular formula is C8H16ClN3O3. The first-order chi connectivity index (χ1) is 6.52. The van der Waals surface area contributed by atoms with Crippen molar-refractivity contribution in [1.29, 1.82) is 0 Å². The summed E-state index contributed by atoms with van der Waals surface area (Å²) < 4.78 is 5.09. The van der Waals surface area contributed by atoms with E-state index < -0.39 is 18.1 Å². The van der Waals surface area contributed by atoms with Gasteiger partial charge in [0.1, 0.15) is 0 Å². The number of nitrogens with two attached hydrogens (primary N) is 2. The van der Waals surface area contributed by atoms with Gasteiger partial charge in [0.2, 0.25) is 11.8 Å². The van der Waals surface area contributed by atoms with Crippen LogP contribution in [0, 0.1) is 0 Å². The fourth-order valence-corrected chi connectivity index (χ4v) is 1.31. The number of primary amides is 1. The maximum Gasteiger partial charge on any atom is 0.248 e. The van der Waals surface area contributed by atoms with E-state index in [1.54, 1.807) is 6.92 Å². The minimum Gasteiger partial charge on any atom is -0.367 e. The van der Waals surface area contributed by atoms with Crippen molar-refractivity contribution in [3.8, 4) is 0 Å². The Morgan fingerprint density at radius 2 is 2.13 bits per heavy atom. The monoisotopic (exact) mass is 237 g/mol. The number of rotatable bonds is 2. The lowest BCUT2D eigenvalue weighted by atomic mass is 10.2. The molecule has 2 atom stereocenters. The lowest BCUT2D eigenvalue weighted by Crippen LogP contribution is -2.53. The summed E-state index contributed by atoms with van der Waals surface area (Å²) in [5.74, 6) is -0.730. The van der Waals surface area contributed by atoms with Gasteiger partial charge in [0.05, 0.1) is 19.2 Å². The second-order valence-corrected chi connectivity index (χ2v) is 3.33. The van der Waals surface area contributed by atoms with Gasteiger partial charge in [-0.1, -0.05) is 0 Å². The molecule has 2 amide bonds. The zero-order valence-corrected chi connectivity index (χ0v) is 9.33. The zero-order valence-electron chi connectivity index (χ0n) is 8.51. The number of hydrogen-bond acceptors (Lipinski definition) is 4. The minimum absolute atomic E-state index is 0. The Labute approximate surface area is 94.3 Å². The summed E-state index contributed by atoms with van der Waals surface area (Å²) >= 11 is 0. The molecule has 88 valence electrons. The molecule has 1 unspecified atom stereocenters. The third-order valence-corrected chi connectivity index (χ3v) is 2.08. The largest absolute Gasteiger partial charge is 0.367 e. The first-order valence-electron chi connectivity index (χ1n) is 4.47.